The molecule has 0 fully saturated rings. The maximum Gasteiger partial charge on any atom is 0.138 e. The molecule has 1 aromatic carbocycles. The van der Waals surface area contributed by atoms with Crippen LogP contribution in [0.5, 0.6) is 5.75 Å². The van der Waals surface area contributed by atoms with E-state index >= 15 is 0 Å². The van der Waals surface area contributed by atoms with Gasteiger partial charge in [0, 0.05) is 5.56 Å². The zero-order chi connectivity index (χ0) is 13.0. The maximum atomic E-state index is 13.3. The highest BCUT2D eigenvalue weighted by molar-refractivity contribution is 9.10. The third-order valence-corrected chi connectivity index (χ3v) is 3.27. The first-order valence-corrected chi connectivity index (χ1v) is 6.11. The van der Waals surface area contributed by atoms with Crippen LogP contribution in [0.15, 0.2) is 41.0 Å². The summed E-state index contributed by atoms with van der Waals surface area (Å²) in [7, 11) is 0. The number of pyridine rings is 1. The van der Waals surface area contributed by atoms with Crippen LogP contribution in [0.2, 0.25) is 0 Å². The van der Waals surface area contributed by atoms with Crippen molar-refractivity contribution in [2.45, 2.75) is 13.2 Å². The monoisotopic (exact) mass is 311 g/mol. The van der Waals surface area contributed by atoms with Crippen LogP contribution in [0.3, 0.4) is 0 Å². The summed E-state index contributed by atoms with van der Waals surface area (Å²) < 4.78 is 19.2. The third-order valence-electron chi connectivity index (χ3n) is 2.39. The minimum absolute atomic E-state index is 0.101. The van der Waals surface area contributed by atoms with Crippen molar-refractivity contribution in [2.75, 3.05) is 0 Å². The molecule has 0 aliphatic carbocycles. The zero-order valence-corrected chi connectivity index (χ0v) is 11.0. The lowest BCUT2D eigenvalue weighted by Gasteiger charge is -2.08. The summed E-state index contributed by atoms with van der Waals surface area (Å²) in [6, 6.07) is 8.18. The molecular formula is C13H11BrFNO2. The van der Waals surface area contributed by atoms with Gasteiger partial charge in [0.05, 0.1) is 23.0 Å². The number of rotatable bonds is 4. The lowest BCUT2D eigenvalue weighted by Crippen LogP contribution is -1.98. The Kier molecular flexibility index (Phi) is 4.28. The Labute approximate surface area is 112 Å². The predicted octanol–water partition coefficient (Wildman–Crippen LogP) is 3.05. The van der Waals surface area contributed by atoms with Crippen molar-refractivity contribution in [3.63, 3.8) is 0 Å². The van der Waals surface area contributed by atoms with Gasteiger partial charge in [0.15, 0.2) is 0 Å². The van der Waals surface area contributed by atoms with Gasteiger partial charge in [0.1, 0.15) is 18.2 Å². The Morgan fingerprint density at radius 2 is 2.11 bits per heavy atom. The van der Waals surface area contributed by atoms with Crippen LogP contribution in [-0.4, -0.2) is 10.1 Å². The average Bonchev–Trinajstić information content (AvgIpc) is 2.41. The second-order valence-electron chi connectivity index (χ2n) is 3.64. The molecule has 5 heteroatoms. The first-order valence-electron chi connectivity index (χ1n) is 5.32. The van der Waals surface area contributed by atoms with E-state index in [0.717, 1.165) is 5.56 Å². The Balaban J connectivity index is 2.04. The molecule has 0 radical (unpaired) electrons. The quantitative estimate of drug-likeness (QED) is 0.943. The van der Waals surface area contributed by atoms with Gasteiger partial charge in [0.25, 0.3) is 0 Å². The summed E-state index contributed by atoms with van der Waals surface area (Å²) in [4.78, 5) is 3.99. The van der Waals surface area contributed by atoms with Crippen LogP contribution in [0.25, 0.3) is 0 Å². The first-order chi connectivity index (χ1) is 8.70. The fourth-order valence-electron chi connectivity index (χ4n) is 1.41. The molecule has 0 spiro atoms. The largest absolute Gasteiger partial charge is 0.487 e. The topological polar surface area (TPSA) is 42.4 Å². The van der Waals surface area contributed by atoms with Gasteiger partial charge in [-0.3, -0.25) is 4.98 Å². The third kappa shape index (κ3) is 3.05. The second-order valence-corrected chi connectivity index (χ2v) is 4.44. The maximum absolute atomic E-state index is 13.3. The Morgan fingerprint density at radius 3 is 2.78 bits per heavy atom. The van der Waals surface area contributed by atoms with E-state index < -0.39 is 0 Å². The molecule has 2 aromatic rings. The molecule has 2 rings (SSSR count). The lowest BCUT2D eigenvalue weighted by atomic mass is 10.2. The molecule has 0 aliphatic rings. The summed E-state index contributed by atoms with van der Waals surface area (Å²) in [5.41, 5.74) is 1.30. The molecule has 3 nitrogen and oxygen atoms in total. The zero-order valence-electron chi connectivity index (χ0n) is 9.44. The van der Waals surface area contributed by atoms with Crippen molar-refractivity contribution in [2.24, 2.45) is 0 Å². The van der Waals surface area contributed by atoms with Crippen LogP contribution in [-0.2, 0) is 13.2 Å². The number of hydrogen-bond acceptors (Lipinski definition) is 3. The molecule has 0 amide bonds. The second kappa shape index (κ2) is 5.93. The highest BCUT2D eigenvalue weighted by Gasteiger charge is 2.05. The van der Waals surface area contributed by atoms with Crippen molar-refractivity contribution in [1.29, 1.82) is 0 Å². The predicted molar refractivity (Wildman–Crippen MR) is 68.6 cm³/mol. The van der Waals surface area contributed by atoms with Gasteiger partial charge in [-0.25, -0.2) is 4.39 Å². The van der Waals surface area contributed by atoms with E-state index in [4.69, 9.17) is 9.84 Å². The van der Waals surface area contributed by atoms with Crippen LogP contribution in [0.1, 0.15) is 11.3 Å². The van der Waals surface area contributed by atoms with Crippen molar-refractivity contribution in [3.8, 4) is 5.75 Å². The van der Waals surface area contributed by atoms with Crippen molar-refractivity contribution >= 4 is 15.9 Å². The fourth-order valence-corrected chi connectivity index (χ4v) is 1.79. The normalized spacial score (nSPS) is 10.4. The molecule has 1 N–H and O–H groups in total. The number of hydrogen-bond donors (Lipinski definition) is 1. The molecule has 0 unspecified atom stereocenters. The van der Waals surface area contributed by atoms with E-state index in [-0.39, 0.29) is 19.0 Å². The van der Waals surface area contributed by atoms with E-state index in [1.807, 2.05) is 0 Å². The number of benzene rings is 1. The van der Waals surface area contributed by atoms with Gasteiger partial charge in [-0.2, -0.15) is 0 Å². The molecule has 0 aliphatic heterocycles. The molecule has 1 heterocycles. The van der Waals surface area contributed by atoms with Gasteiger partial charge in [-0.15, -0.1) is 0 Å². The molecule has 18 heavy (non-hydrogen) atoms. The van der Waals surface area contributed by atoms with E-state index in [0.29, 0.717) is 15.9 Å². The lowest BCUT2D eigenvalue weighted by molar-refractivity contribution is 0.275. The van der Waals surface area contributed by atoms with Crippen LogP contribution >= 0.6 is 15.9 Å². The number of aliphatic hydroxyl groups is 1. The number of aromatic nitrogens is 1. The molecular weight excluding hydrogens is 301 g/mol. The molecule has 0 saturated heterocycles. The minimum Gasteiger partial charge on any atom is -0.487 e. The van der Waals surface area contributed by atoms with Gasteiger partial charge in [-0.05, 0) is 34.1 Å². The first kappa shape index (κ1) is 13.0. The highest BCUT2D eigenvalue weighted by Crippen LogP contribution is 2.22. The van der Waals surface area contributed by atoms with Crippen molar-refractivity contribution in [3.05, 3.63) is 58.1 Å². The highest BCUT2D eigenvalue weighted by atomic mass is 79.9. The Bertz CT molecular complexity index is 531. The Hall–Kier alpha value is -1.46. The van der Waals surface area contributed by atoms with Crippen LogP contribution in [0, 0.1) is 5.82 Å². The van der Waals surface area contributed by atoms with E-state index in [1.54, 1.807) is 24.3 Å². The van der Waals surface area contributed by atoms with Crippen LogP contribution in [0.4, 0.5) is 4.39 Å². The van der Waals surface area contributed by atoms with Crippen LogP contribution < -0.4 is 4.74 Å². The molecule has 0 atom stereocenters. The van der Waals surface area contributed by atoms with Gasteiger partial charge >= 0.3 is 0 Å². The smallest absolute Gasteiger partial charge is 0.138 e. The summed E-state index contributed by atoms with van der Waals surface area (Å²) in [6.45, 7) is 0.147. The van der Waals surface area contributed by atoms with Crippen molar-refractivity contribution < 1.29 is 14.2 Å². The van der Waals surface area contributed by atoms with Gasteiger partial charge < -0.3 is 9.84 Å². The van der Waals surface area contributed by atoms with E-state index in [1.165, 1.54) is 12.3 Å². The Morgan fingerprint density at radius 1 is 1.28 bits per heavy atom. The molecule has 1 aromatic heterocycles. The fraction of sp³-hybridized carbons (Fsp3) is 0.154. The number of ether oxygens (including phenoxy) is 1. The van der Waals surface area contributed by atoms with E-state index in [2.05, 4.69) is 20.9 Å². The summed E-state index contributed by atoms with van der Waals surface area (Å²) in [5, 5.41) is 8.85. The summed E-state index contributed by atoms with van der Waals surface area (Å²) >= 11 is 3.17. The minimum atomic E-state index is -0.315. The standard InChI is InChI=1S/C13H11BrFNO2/c14-13-9(2-1-3-12(13)15)8-18-11-5-4-10(7-17)16-6-11/h1-6,17H,7-8H2. The molecule has 0 bridgehead atoms. The number of halogens is 2. The number of nitrogens with zero attached hydrogens (tertiary/aromatic N) is 1. The van der Waals surface area contributed by atoms with E-state index in [9.17, 15) is 4.39 Å². The average molecular weight is 312 g/mol. The summed E-state index contributed by atoms with van der Waals surface area (Å²) in [5.74, 6) is 0.258. The molecule has 94 valence electrons. The van der Waals surface area contributed by atoms with Gasteiger partial charge in [0.2, 0.25) is 0 Å². The molecule has 0 saturated carbocycles. The summed E-state index contributed by atoms with van der Waals surface area (Å²) in [6.07, 6.45) is 1.53. The van der Waals surface area contributed by atoms with Crippen molar-refractivity contribution in [1.82, 2.24) is 4.98 Å². The van der Waals surface area contributed by atoms with Gasteiger partial charge in [-0.1, -0.05) is 12.1 Å². The SMILES string of the molecule is OCc1ccc(OCc2cccc(F)c2Br)cn1. The number of aliphatic hydroxyl groups excluding tert-OH is 1.